The van der Waals surface area contributed by atoms with Gasteiger partial charge in [-0.05, 0) is 65.3 Å². The first-order valence-corrected chi connectivity index (χ1v) is 11.8. The van der Waals surface area contributed by atoms with E-state index in [0.29, 0.717) is 17.7 Å². The van der Waals surface area contributed by atoms with Crippen LogP contribution in [0.25, 0.3) is 0 Å². The maximum atomic E-state index is 12.7. The number of rotatable bonds is 4. The van der Waals surface area contributed by atoms with Crippen molar-refractivity contribution in [1.82, 2.24) is 14.7 Å². The average molecular weight is 408 g/mol. The van der Waals surface area contributed by atoms with Crippen molar-refractivity contribution in [3.05, 3.63) is 0 Å². The van der Waals surface area contributed by atoms with Crippen LogP contribution < -0.4 is 0 Å². The number of carbonyl (C=O) groups is 2. The van der Waals surface area contributed by atoms with Gasteiger partial charge in [0, 0.05) is 45.2 Å². The Morgan fingerprint density at radius 2 is 1.45 bits per heavy atom. The first-order valence-electron chi connectivity index (χ1n) is 11.8. The first kappa shape index (κ1) is 22.4. The molecule has 166 valence electrons. The molecule has 3 aliphatic rings. The second-order valence-corrected chi connectivity index (χ2v) is 10.2. The van der Waals surface area contributed by atoms with Crippen molar-refractivity contribution in [3.63, 3.8) is 0 Å². The van der Waals surface area contributed by atoms with E-state index in [2.05, 4.69) is 9.80 Å². The molecule has 0 spiro atoms. The Morgan fingerprint density at radius 3 is 2.03 bits per heavy atom. The number of carbonyl (C=O) groups excluding carboxylic acids is 2. The zero-order chi connectivity index (χ0) is 20.9. The normalized spacial score (nSPS) is 23.3. The molecular weight excluding hydrogens is 366 g/mol. The van der Waals surface area contributed by atoms with Gasteiger partial charge in [0.1, 0.15) is 5.60 Å². The molecule has 0 unspecified atom stereocenters. The fourth-order valence-electron chi connectivity index (χ4n) is 4.90. The van der Waals surface area contributed by atoms with E-state index in [1.54, 1.807) is 0 Å². The van der Waals surface area contributed by atoms with Crippen LogP contribution in [-0.2, 0) is 9.53 Å². The van der Waals surface area contributed by atoms with Crippen LogP contribution >= 0.6 is 0 Å². The molecule has 0 aromatic carbocycles. The molecule has 3 rings (SSSR count). The van der Waals surface area contributed by atoms with Gasteiger partial charge in [0.2, 0.25) is 5.91 Å². The number of piperidine rings is 1. The van der Waals surface area contributed by atoms with Gasteiger partial charge in [-0.1, -0.05) is 19.3 Å². The lowest BCUT2D eigenvalue weighted by Gasteiger charge is -2.38. The zero-order valence-corrected chi connectivity index (χ0v) is 18.8. The fraction of sp³-hybridized carbons (Fsp3) is 0.913. The molecule has 2 amide bonds. The zero-order valence-electron chi connectivity index (χ0n) is 18.8. The molecule has 2 aliphatic heterocycles. The SMILES string of the molecule is CC(C)(C)OC(=O)N1CCC(CCN2CCN(C(=O)C3CCCCC3)CC2)CC1. The number of ether oxygens (including phenoxy) is 1. The third-order valence-electron chi connectivity index (χ3n) is 6.76. The summed E-state index contributed by atoms with van der Waals surface area (Å²) < 4.78 is 5.49. The molecular formula is C23H41N3O3. The Morgan fingerprint density at radius 1 is 0.828 bits per heavy atom. The summed E-state index contributed by atoms with van der Waals surface area (Å²) in [6.07, 6.45) is 9.11. The molecule has 0 N–H and O–H groups in total. The quantitative estimate of drug-likeness (QED) is 0.712. The van der Waals surface area contributed by atoms with Crippen molar-refractivity contribution in [1.29, 1.82) is 0 Å². The standard InChI is InChI=1S/C23H41N3O3/c1-23(2,3)29-22(28)26-13-10-19(11-14-26)9-12-24-15-17-25(18-16-24)21(27)20-7-5-4-6-8-20/h19-20H,4-18H2,1-3H3. The van der Waals surface area contributed by atoms with Gasteiger partial charge in [0.05, 0.1) is 0 Å². The van der Waals surface area contributed by atoms with Crippen molar-refractivity contribution < 1.29 is 14.3 Å². The lowest BCUT2D eigenvalue weighted by molar-refractivity contribution is -0.138. The summed E-state index contributed by atoms with van der Waals surface area (Å²) in [5.74, 6) is 1.40. The van der Waals surface area contributed by atoms with Gasteiger partial charge in [0.25, 0.3) is 0 Å². The highest BCUT2D eigenvalue weighted by molar-refractivity contribution is 5.79. The van der Waals surface area contributed by atoms with Crippen LogP contribution in [0.1, 0.15) is 72.1 Å². The van der Waals surface area contributed by atoms with Crippen LogP contribution in [-0.4, -0.2) is 78.1 Å². The Balaban J connectivity index is 1.31. The van der Waals surface area contributed by atoms with Crippen LogP contribution in [0.2, 0.25) is 0 Å². The molecule has 0 atom stereocenters. The topological polar surface area (TPSA) is 53.1 Å². The molecule has 0 aromatic rings. The second-order valence-electron chi connectivity index (χ2n) is 10.2. The maximum absolute atomic E-state index is 12.7. The molecule has 2 heterocycles. The largest absolute Gasteiger partial charge is 0.444 e. The lowest BCUT2D eigenvalue weighted by atomic mass is 9.88. The van der Waals surface area contributed by atoms with E-state index in [1.807, 2.05) is 25.7 Å². The van der Waals surface area contributed by atoms with Gasteiger partial charge >= 0.3 is 6.09 Å². The van der Waals surface area contributed by atoms with E-state index in [9.17, 15) is 9.59 Å². The molecule has 0 radical (unpaired) electrons. The minimum absolute atomic E-state index is 0.172. The molecule has 6 nitrogen and oxygen atoms in total. The Bertz CT molecular complexity index is 538. The van der Waals surface area contributed by atoms with E-state index >= 15 is 0 Å². The Hall–Kier alpha value is -1.30. The molecule has 29 heavy (non-hydrogen) atoms. The number of hydrogen-bond donors (Lipinski definition) is 0. The minimum atomic E-state index is -0.422. The Kier molecular flexibility index (Phi) is 7.83. The number of amides is 2. The third-order valence-corrected chi connectivity index (χ3v) is 6.76. The predicted molar refractivity (Wildman–Crippen MR) is 115 cm³/mol. The summed E-state index contributed by atoms with van der Waals surface area (Å²) >= 11 is 0. The monoisotopic (exact) mass is 407 g/mol. The van der Waals surface area contributed by atoms with Gasteiger partial charge in [-0.3, -0.25) is 9.69 Å². The van der Waals surface area contributed by atoms with Crippen LogP contribution in [0.3, 0.4) is 0 Å². The predicted octanol–water partition coefficient (Wildman–Crippen LogP) is 3.75. The van der Waals surface area contributed by atoms with Gasteiger partial charge in [0.15, 0.2) is 0 Å². The van der Waals surface area contributed by atoms with Gasteiger partial charge in [-0.15, -0.1) is 0 Å². The highest BCUT2D eigenvalue weighted by Crippen LogP contribution is 2.26. The van der Waals surface area contributed by atoms with Crippen molar-refractivity contribution in [2.75, 3.05) is 45.8 Å². The molecule has 1 saturated carbocycles. The second kappa shape index (κ2) is 10.1. The first-order chi connectivity index (χ1) is 13.8. The summed E-state index contributed by atoms with van der Waals surface area (Å²) in [7, 11) is 0. The van der Waals surface area contributed by atoms with E-state index in [0.717, 1.165) is 71.5 Å². The number of likely N-dealkylation sites (tertiary alicyclic amines) is 1. The third kappa shape index (κ3) is 6.87. The summed E-state index contributed by atoms with van der Waals surface area (Å²) in [5, 5.41) is 0. The van der Waals surface area contributed by atoms with Crippen LogP contribution in [0.4, 0.5) is 4.79 Å². The van der Waals surface area contributed by atoms with E-state index in [-0.39, 0.29) is 6.09 Å². The molecule has 3 fully saturated rings. The van der Waals surface area contributed by atoms with E-state index in [1.165, 1.54) is 25.7 Å². The van der Waals surface area contributed by atoms with Gasteiger partial charge < -0.3 is 14.5 Å². The van der Waals surface area contributed by atoms with Crippen molar-refractivity contribution in [3.8, 4) is 0 Å². The summed E-state index contributed by atoms with van der Waals surface area (Å²) in [6, 6.07) is 0. The van der Waals surface area contributed by atoms with Crippen molar-refractivity contribution >= 4 is 12.0 Å². The van der Waals surface area contributed by atoms with Crippen LogP contribution in [0.5, 0.6) is 0 Å². The average Bonchev–Trinajstić information content (AvgIpc) is 2.72. The Labute approximate surface area is 176 Å². The number of hydrogen-bond acceptors (Lipinski definition) is 4. The molecule has 6 heteroatoms. The van der Waals surface area contributed by atoms with Gasteiger partial charge in [-0.2, -0.15) is 0 Å². The number of nitrogens with zero attached hydrogens (tertiary/aromatic N) is 3. The van der Waals surface area contributed by atoms with Crippen molar-refractivity contribution in [2.24, 2.45) is 11.8 Å². The van der Waals surface area contributed by atoms with E-state index < -0.39 is 5.60 Å². The molecule has 2 saturated heterocycles. The van der Waals surface area contributed by atoms with Crippen molar-refractivity contribution in [2.45, 2.75) is 77.7 Å². The van der Waals surface area contributed by atoms with Gasteiger partial charge in [-0.25, -0.2) is 4.79 Å². The smallest absolute Gasteiger partial charge is 0.410 e. The highest BCUT2D eigenvalue weighted by atomic mass is 16.6. The fourth-order valence-corrected chi connectivity index (χ4v) is 4.90. The van der Waals surface area contributed by atoms with Crippen LogP contribution in [0.15, 0.2) is 0 Å². The minimum Gasteiger partial charge on any atom is -0.444 e. The van der Waals surface area contributed by atoms with Crippen LogP contribution in [0, 0.1) is 11.8 Å². The lowest BCUT2D eigenvalue weighted by Crippen LogP contribution is -2.51. The summed E-state index contributed by atoms with van der Waals surface area (Å²) in [6.45, 7) is 12.3. The summed E-state index contributed by atoms with van der Waals surface area (Å²) in [5.41, 5.74) is -0.422. The maximum Gasteiger partial charge on any atom is 0.410 e. The van der Waals surface area contributed by atoms with E-state index in [4.69, 9.17) is 4.74 Å². The molecule has 1 aliphatic carbocycles. The summed E-state index contributed by atoms with van der Waals surface area (Å²) in [4.78, 5) is 31.4. The number of piperazine rings is 1. The highest BCUT2D eigenvalue weighted by Gasteiger charge is 2.30. The molecule has 0 bridgehead atoms. The molecule has 0 aromatic heterocycles.